The van der Waals surface area contributed by atoms with Crippen LogP contribution in [0.2, 0.25) is 0 Å². The molecule has 5 nitrogen and oxygen atoms in total. The third-order valence-corrected chi connectivity index (χ3v) is 2.85. The van der Waals surface area contributed by atoms with Crippen molar-refractivity contribution in [2.45, 2.75) is 32.8 Å². The van der Waals surface area contributed by atoms with Crippen LogP contribution in [-0.2, 0) is 25.5 Å². The van der Waals surface area contributed by atoms with Gasteiger partial charge in [-0.15, -0.1) is 0 Å². The summed E-state index contributed by atoms with van der Waals surface area (Å²) in [7, 11) is 1.24. The summed E-state index contributed by atoms with van der Waals surface area (Å²) in [5.74, 6) is -2.23. The molecule has 0 aliphatic heterocycles. The fraction of sp³-hybridized carbons (Fsp3) is 0.500. The van der Waals surface area contributed by atoms with Crippen LogP contribution in [0.25, 0.3) is 0 Å². The van der Waals surface area contributed by atoms with Gasteiger partial charge in [-0.25, -0.2) is 0 Å². The average molecular weight is 344 g/mol. The number of halogens is 1. The molecule has 110 valence electrons. The highest BCUT2D eigenvalue weighted by Gasteiger charge is 2.32. The van der Waals surface area contributed by atoms with Crippen LogP contribution >= 0.6 is 15.9 Å². The van der Waals surface area contributed by atoms with Crippen molar-refractivity contribution < 1.29 is 19.1 Å². The van der Waals surface area contributed by atoms with Gasteiger partial charge in [0.2, 0.25) is 0 Å². The van der Waals surface area contributed by atoms with E-state index in [2.05, 4.69) is 25.7 Å². The number of carbonyl (C=O) groups is 2. The lowest BCUT2D eigenvalue weighted by Crippen LogP contribution is -2.34. The molecule has 0 amide bonds. The summed E-state index contributed by atoms with van der Waals surface area (Å²) >= 11 is 3.28. The smallest absolute Gasteiger partial charge is 0.321 e. The largest absolute Gasteiger partial charge is 0.468 e. The van der Waals surface area contributed by atoms with E-state index in [1.165, 1.54) is 7.11 Å². The molecule has 1 aromatic heterocycles. The molecule has 6 heteroatoms. The van der Waals surface area contributed by atoms with Crippen LogP contribution in [0, 0.1) is 5.92 Å². The van der Waals surface area contributed by atoms with Crippen LogP contribution in [0.1, 0.15) is 26.5 Å². The monoisotopic (exact) mass is 343 g/mol. The van der Waals surface area contributed by atoms with Gasteiger partial charge in [0.05, 0.1) is 7.11 Å². The Morgan fingerprint density at radius 2 is 1.95 bits per heavy atom. The zero-order valence-electron chi connectivity index (χ0n) is 12.0. The van der Waals surface area contributed by atoms with E-state index < -0.39 is 23.5 Å². The van der Waals surface area contributed by atoms with E-state index >= 15 is 0 Å². The van der Waals surface area contributed by atoms with Gasteiger partial charge in [0, 0.05) is 22.8 Å². The quantitative estimate of drug-likeness (QED) is 0.620. The zero-order valence-corrected chi connectivity index (χ0v) is 13.6. The minimum atomic E-state index is -1.01. The van der Waals surface area contributed by atoms with Crippen LogP contribution in [0.5, 0.6) is 0 Å². The summed E-state index contributed by atoms with van der Waals surface area (Å²) in [6.45, 7) is 5.24. The summed E-state index contributed by atoms with van der Waals surface area (Å²) in [5, 5.41) is 0. The minimum Gasteiger partial charge on any atom is -0.468 e. The van der Waals surface area contributed by atoms with Crippen LogP contribution in [0.15, 0.2) is 22.8 Å². The van der Waals surface area contributed by atoms with Gasteiger partial charge < -0.3 is 9.47 Å². The highest BCUT2D eigenvalue weighted by molar-refractivity contribution is 9.10. The number of nitrogens with zero attached hydrogens (tertiary/aromatic N) is 1. The maximum absolute atomic E-state index is 12.1. The van der Waals surface area contributed by atoms with Crippen LogP contribution < -0.4 is 0 Å². The highest BCUT2D eigenvalue weighted by Crippen LogP contribution is 2.17. The topological polar surface area (TPSA) is 65.5 Å². The normalized spacial score (nSPS) is 12.7. The second kappa shape index (κ2) is 6.83. The van der Waals surface area contributed by atoms with Gasteiger partial charge >= 0.3 is 11.9 Å². The van der Waals surface area contributed by atoms with E-state index in [0.717, 1.165) is 4.47 Å². The molecule has 0 fully saturated rings. The summed E-state index contributed by atoms with van der Waals surface area (Å²) in [6.07, 6.45) is 1.76. The first kappa shape index (κ1) is 16.6. The summed E-state index contributed by atoms with van der Waals surface area (Å²) in [5.41, 5.74) is -0.0364. The second-order valence-corrected chi connectivity index (χ2v) is 6.20. The lowest BCUT2D eigenvalue weighted by atomic mass is 10.0. The summed E-state index contributed by atoms with van der Waals surface area (Å²) in [4.78, 5) is 28.0. The van der Waals surface area contributed by atoms with E-state index in [9.17, 15) is 9.59 Å². The molecule has 1 unspecified atom stereocenters. The van der Waals surface area contributed by atoms with E-state index in [4.69, 9.17) is 4.74 Å². The zero-order chi connectivity index (χ0) is 15.3. The van der Waals surface area contributed by atoms with E-state index in [1.807, 2.05) is 0 Å². The molecule has 1 heterocycles. The first-order chi connectivity index (χ1) is 9.23. The third kappa shape index (κ3) is 5.28. The molecule has 0 N–H and O–H groups in total. The van der Waals surface area contributed by atoms with Crippen molar-refractivity contribution in [2.75, 3.05) is 7.11 Å². The summed E-state index contributed by atoms with van der Waals surface area (Å²) < 4.78 is 10.7. The SMILES string of the molecule is COC(=O)C(Cc1ccc(Br)cn1)C(=O)OC(C)(C)C. The van der Waals surface area contributed by atoms with Gasteiger partial charge in [-0.3, -0.25) is 14.6 Å². The van der Waals surface area contributed by atoms with Gasteiger partial charge in [0.1, 0.15) is 5.60 Å². The van der Waals surface area contributed by atoms with Crippen molar-refractivity contribution in [3.63, 3.8) is 0 Å². The molecule has 0 bridgehead atoms. The maximum Gasteiger partial charge on any atom is 0.321 e. The van der Waals surface area contributed by atoms with E-state index in [0.29, 0.717) is 5.69 Å². The van der Waals surface area contributed by atoms with Crippen LogP contribution in [-0.4, -0.2) is 29.6 Å². The first-order valence-electron chi connectivity index (χ1n) is 6.14. The number of hydrogen-bond donors (Lipinski definition) is 0. The lowest BCUT2D eigenvalue weighted by molar-refractivity contribution is -0.168. The predicted octanol–water partition coefficient (Wildman–Crippen LogP) is 2.52. The average Bonchev–Trinajstić information content (AvgIpc) is 2.35. The molecule has 0 spiro atoms. The number of carbonyl (C=O) groups excluding carboxylic acids is 2. The molecule has 20 heavy (non-hydrogen) atoms. The standard InChI is InChI=1S/C14H18BrNO4/c1-14(2,3)20-13(18)11(12(17)19-4)7-10-6-5-9(15)8-16-10/h5-6,8,11H,7H2,1-4H3. The molecular weight excluding hydrogens is 326 g/mol. The number of methoxy groups -OCH3 is 1. The number of aromatic nitrogens is 1. The Hall–Kier alpha value is -1.43. The molecule has 0 aromatic carbocycles. The molecule has 1 rings (SSSR count). The second-order valence-electron chi connectivity index (χ2n) is 5.28. The molecule has 0 saturated carbocycles. The van der Waals surface area contributed by atoms with Gasteiger partial charge in [0.15, 0.2) is 5.92 Å². The molecular formula is C14H18BrNO4. The van der Waals surface area contributed by atoms with Crippen LogP contribution in [0.4, 0.5) is 0 Å². The van der Waals surface area contributed by atoms with Gasteiger partial charge in [-0.2, -0.15) is 0 Å². The van der Waals surface area contributed by atoms with Gasteiger partial charge in [0.25, 0.3) is 0 Å². The fourth-order valence-corrected chi connectivity index (χ4v) is 1.75. The Labute approximate surface area is 126 Å². The minimum absolute atomic E-state index is 0.148. The van der Waals surface area contributed by atoms with Crippen molar-refractivity contribution in [3.8, 4) is 0 Å². The van der Waals surface area contributed by atoms with Crippen molar-refractivity contribution in [2.24, 2.45) is 5.92 Å². The molecule has 0 radical (unpaired) electrons. The van der Waals surface area contributed by atoms with Crippen LogP contribution in [0.3, 0.4) is 0 Å². The van der Waals surface area contributed by atoms with E-state index in [1.54, 1.807) is 39.1 Å². The molecule has 1 aromatic rings. The van der Waals surface area contributed by atoms with Crippen molar-refractivity contribution in [1.82, 2.24) is 4.98 Å². The molecule has 0 aliphatic carbocycles. The Morgan fingerprint density at radius 3 is 2.40 bits per heavy atom. The third-order valence-electron chi connectivity index (χ3n) is 2.38. The lowest BCUT2D eigenvalue weighted by Gasteiger charge is -2.22. The Morgan fingerprint density at radius 1 is 1.30 bits per heavy atom. The Bertz CT molecular complexity index is 479. The first-order valence-corrected chi connectivity index (χ1v) is 6.93. The number of hydrogen-bond acceptors (Lipinski definition) is 5. The predicted molar refractivity (Wildman–Crippen MR) is 77.0 cm³/mol. The number of rotatable bonds is 4. The molecule has 0 saturated heterocycles. The fourth-order valence-electron chi connectivity index (χ4n) is 1.51. The van der Waals surface area contributed by atoms with Gasteiger partial charge in [-0.1, -0.05) is 0 Å². The van der Waals surface area contributed by atoms with Crippen molar-refractivity contribution in [1.29, 1.82) is 0 Å². The van der Waals surface area contributed by atoms with Gasteiger partial charge in [-0.05, 0) is 48.8 Å². The van der Waals surface area contributed by atoms with E-state index in [-0.39, 0.29) is 6.42 Å². The Kier molecular flexibility index (Phi) is 5.68. The van der Waals surface area contributed by atoms with Crippen molar-refractivity contribution in [3.05, 3.63) is 28.5 Å². The number of pyridine rings is 1. The summed E-state index contributed by atoms with van der Waals surface area (Å²) in [6, 6.07) is 3.54. The Balaban J connectivity index is 2.87. The molecule has 1 atom stereocenters. The maximum atomic E-state index is 12.1. The molecule has 0 aliphatic rings. The van der Waals surface area contributed by atoms with Crippen molar-refractivity contribution >= 4 is 27.9 Å². The number of esters is 2. The number of ether oxygens (including phenoxy) is 2. The highest BCUT2D eigenvalue weighted by atomic mass is 79.9.